The fraction of sp³-hybridized carbons (Fsp3) is 0. The first-order chi connectivity index (χ1) is 12.3. The second-order valence-corrected chi connectivity index (χ2v) is 6.54. The van der Waals surface area contributed by atoms with Gasteiger partial charge in [0.05, 0.1) is 17.3 Å². The Kier molecular flexibility index (Phi) is 4.12. The molecule has 0 aliphatic carbocycles. The lowest BCUT2D eigenvalue weighted by Gasteiger charge is -2.04. The minimum atomic E-state index is 0.669. The van der Waals surface area contributed by atoms with E-state index in [0.717, 1.165) is 33.0 Å². The number of aromatic nitrogens is 1. The molecule has 1 aromatic heterocycles. The second-order valence-electron chi connectivity index (χ2n) is 5.68. The first-order valence-corrected chi connectivity index (χ1v) is 8.83. The van der Waals surface area contributed by atoms with Crippen LogP contribution < -0.4 is 0 Å². The monoisotopic (exact) mass is 338 g/mol. The van der Waals surface area contributed by atoms with E-state index in [1.807, 2.05) is 48.5 Å². The van der Waals surface area contributed by atoms with E-state index in [4.69, 9.17) is 10.2 Å². The Bertz CT molecular complexity index is 1060. The molecular formula is C22H14N2S. The molecule has 0 unspecified atom stereocenters. The van der Waals surface area contributed by atoms with Crippen LogP contribution in [0.3, 0.4) is 0 Å². The van der Waals surface area contributed by atoms with Crippen molar-refractivity contribution in [2.75, 3.05) is 0 Å². The van der Waals surface area contributed by atoms with Crippen molar-refractivity contribution in [1.82, 2.24) is 4.98 Å². The highest BCUT2D eigenvalue weighted by molar-refractivity contribution is 7.13. The Morgan fingerprint density at radius 3 is 2.20 bits per heavy atom. The summed E-state index contributed by atoms with van der Waals surface area (Å²) in [6.45, 7) is 0. The highest BCUT2D eigenvalue weighted by atomic mass is 32.1. The Hall–Kier alpha value is -3.22. The third-order valence-electron chi connectivity index (χ3n) is 4.01. The molecule has 0 N–H and O–H groups in total. The lowest BCUT2D eigenvalue weighted by molar-refractivity contribution is 1.40. The number of nitrogens with zero attached hydrogens (tertiary/aromatic N) is 2. The SMILES string of the molecule is N#Cc1cccc(-c2cccc(-c3csc(-c4ccccc4)n3)c2)c1. The fourth-order valence-electron chi connectivity index (χ4n) is 2.75. The average molecular weight is 338 g/mol. The van der Waals surface area contributed by atoms with Gasteiger partial charge < -0.3 is 0 Å². The van der Waals surface area contributed by atoms with Gasteiger partial charge in [0.15, 0.2) is 0 Å². The van der Waals surface area contributed by atoms with Crippen molar-refractivity contribution in [3.63, 3.8) is 0 Å². The van der Waals surface area contributed by atoms with Crippen LogP contribution >= 0.6 is 11.3 Å². The number of benzene rings is 3. The van der Waals surface area contributed by atoms with Crippen LogP contribution in [0.4, 0.5) is 0 Å². The molecular weight excluding hydrogens is 324 g/mol. The van der Waals surface area contributed by atoms with E-state index in [-0.39, 0.29) is 0 Å². The van der Waals surface area contributed by atoms with Gasteiger partial charge in [0, 0.05) is 16.5 Å². The van der Waals surface area contributed by atoms with Crippen LogP contribution in [0, 0.1) is 11.3 Å². The van der Waals surface area contributed by atoms with E-state index in [0.29, 0.717) is 5.56 Å². The minimum absolute atomic E-state index is 0.669. The summed E-state index contributed by atoms with van der Waals surface area (Å²) in [5.41, 5.74) is 5.99. The molecule has 4 aromatic rings. The van der Waals surface area contributed by atoms with Crippen LogP contribution in [0.1, 0.15) is 5.56 Å². The molecule has 3 aromatic carbocycles. The average Bonchev–Trinajstić information content (AvgIpc) is 3.19. The first kappa shape index (κ1) is 15.3. The molecule has 0 aliphatic heterocycles. The van der Waals surface area contributed by atoms with Crippen LogP contribution in [0.15, 0.2) is 84.2 Å². The molecule has 2 nitrogen and oxygen atoms in total. The molecule has 25 heavy (non-hydrogen) atoms. The van der Waals surface area contributed by atoms with Gasteiger partial charge >= 0.3 is 0 Å². The topological polar surface area (TPSA) is 36.7 Å². The molecule has 3 heteroatoms. The van der Waals surface area contributed by atoms with Crippen LogP contribution in [-0.4, -0.2) is 4.98 Å². The molecule has 0 aliphatic rings. The highest BCUT2D eigenvalue weighted by Crippen LogP contribution is 2.31. The Labute approximate surface area is 150 Å². The predicted octanol–water partition coefficient (Wildman–Crippen LogP) is 6.02. The number of hydrogen-bond acceptors (Lipinski definition) is 3. The van der Waals surface area contributed by atoms with Crippen molar-refractivity contribution < 1.29 is 0 Å². The van der Waals surface area contributed by atoms with E-state index in [1.54, 1.807) is 11.3 Å². The van der Waals surface area contributed by atoms with Gasteiger partial charge in [-0.15, -0.1) is 11.3 Å². The van der Waals surface area contributed by atoms with Crippen molar-refractivity contribution in [2.24, 2.45) is 0 Å². The molecule has 4 rings (SSSR count). The zero-order valence-corrected chi connectivity index (χ0v) is 14.2. The van der Waals surface area contributed by atoms with Gasteiger partial charge in [-0.05, 0) is 29.3 Å². The number of rotatable bonds is 3. The van der Waals surface area contributed by atoms with Crippen molar-refractivity contribution in [1.29, 1.82) is 5.26 Å². The van der Waals surface area contributed by atoms with E-state index >= 15 is 0 Å². The van der Waals surface area contributed by atoms with Crippen LogP contribution in [0.2, 0.25) is 0 Å². The molecule has 0 bridgehead atoms. The molecule has 0 fully saturated rings. The van der Waals surface area contributed by atoms with Gasteiger partial charge in [-0.3, -0.25) is 0 Å². The molecule has 1 heterocycles. The summed E-state index contributed by atoms with van der Waals surface area (Å²) in [6, 6.07) is 28.4. The van der Waals surface area contributed by atoms with Crippen LogP contribution in [-0.2, 0) is 0 Å². The number of hydrogen-bond donors (Lipinski definition) is 0. The van der Waals surface area contributed by atoms with E-state index in [1.165, 1.54) is 0 Å². The van der Waals surface area contributed by atoms with Gasteiger partial charge in [0.25, 0.3) is 0 Å². The molecule has 0 spiro atoms. The third-order valence-corrected chi connectivity index (χ3v) is 4.90. The quantitative estimate of drug-likeness (QED) is 0.458. The maximum absolute atomic E-state index is 9.09. The zero-order chi connectivity index (χ0) is 17.1. The highest BCUT2D eigenvalue weighted by Gasteiger charge is 2.08. The van der Waals surface area contributed by atoms with Crippen LogP contribution in [0.25, 0.3) is 33.0 Å². The summed E-state index contributed by atoms with van der Waals surface area (Å²) in [4.78, 5) is 4.79. The predicted molar refractivity (Wildman–Crippen MR) is 103 cm³/mol. The van der Waals surface area contributed by atoms with E-state index in [9.17, 15) is 0 Å². The van der Waals surface area contributed by atoms with Gasteiger partial charge in [-0.25, -0.2) is 4.98 Å². The van der Waals surface area contributed by atoms with Gasteiger partial charge in [0.2, 0.25) is 0 Å². The summed E-state index contributed by atoms with van der Waals surface area (Å²) in [7, 11) is 0. The zero-order valence-electron chi connectivity index (χ0n) is 13.4. The molecule has 0 radical (unpaired) electrons. The van der Waals surface area contributed by atoms with Gasteiger partial charge in [0.1, 0.15) is 5.01 Å². The maximum Gasteiger partial charge on any atom is 0.124 e. The van der Waals surface area contributed by atoms with Crippen molar-refractivity contribution >= 4 is 11.3 Å². The molecule has 0 amide bonds. The Morgan fingerprint density at radius 2 is 1.40 bits per heavy atom. The summed E-state index contributed by atoms with van der Waals surface area (Å²) < 4.78 is 0. The van der Waals surface area contributed by atoms with Crippen LogP contribution in [0.5, 0.6) is 0 Å². The van der Waals surface area contributed by atoms with Crippen molar-refractivity contribution in [3.05, 3.63) is 89.8 Å². The summed E-state index contributed by atoms with van der Waals surface area (Å²) in [5, 5.41) is 12.2. The first-order valence-electron chi connectivity index (χ1n) is 7.95. The minimum Gasteiger partial charge on any atom is -0.236 e. The van der Waals surface area contributed by atoms with Gasteiger partial charge in [-0.1, -0.05) is 60.7 Å². The lowest BCUT2D eigenvalue weighted by Crippen LogP contribution is -1.83. The number of thiazole rings is 1. The summed E-state index contributed by atoms with van der Waals surface area (Å²) >= 11 is 1.65. The largest absolute Gasteiger partial charge is 0.236 e. The van der Waals surface area contributed by atoms with Gasteiger partial charge in [-0.2, -0.15) is 5.26 Å². The maximum atomic E-state index is 9.09. The lowest BCUT2D eigenvalue weighted by atomic mass is 10.0. The Balaban J connectivity index is 1.71. The summed E-state index contributed by atoms with van der Waals surface area (Å²) in [6.07, 6.45) is 0. The smallest absolute Gasteiger partial charge is 0.124 e. The fourth-order valence-corrected chi connectivity index (χ4v) is 3.58. The number of nitriles is 1. The molecule has 118 valence electrons. The second kappa shape index (κ2) is 6.72. The molecule has 0 saturated heterocycles. The molecule has 0 saturated carbocycles. The third kappa shape index (κ3) is 3.21. The van der Waals surface area contributed by atoms with Crippen molar-refractivity contribution in [2.45, 2.75) is 0 Å². The van der Waals surface area contributed by atoms with E-state index < -0.39 is 0 Å². The van der Waals surface area contributed by atoms with Crippen molar-refractivity contribution in [3.8, 4) is 39.0 Å². The summed E-state index contributed by atoms with van der Waals surface area (Å²) in [5.74, 6) is 0. The van der Waals surface area contributed by atoms with E-state index in [2.05, 4.69) is 41.8 Å². The standard InChI is InChI=1S/C22H14N2S/c23-14-16-6-4-9-18(12-16)19-10-5-11-20(13-19)21-15-25-22(24-21)17-7-2-1-3-8-17/h1-13,15H. The Morgan fingerprint density at radius 1 is 0.720 bits per heavy atom. The normalized spacial score (nSPS) is 10.4. The molecule has 0 atom stereocenters.